The number of benzene rings is 1. The molecule has 0 bridgehead atoms. The van der Waals surface area contributed by atoms with Crippen LogP contribution in [0, 0.1) is 18.3 Å². The minimum atomic E-state index is -0.549. The van der Waals surface area contributed by atoms with Crippen molar-refractivity contribution in [1.82, 2.24) is 4.98 Å². The Labute approximate surface area is 154 Å². The van der Waals surface area contributed by atoms with Crippen LogP contribution < -0.4 is 10.3 Å². The van der Waals surface area contributed by atoms with E-state index in [0.717, 1.165) is 5.56 Å². The van der Waals surface area contributed by atoms with Crippen molar-refractivity contribution in [3.63, 3.8) is 0 Å². The normalized spacial score (nSPS) is 10.3. The molecule has 0 amide bonds. The second-order valence-electron chi connectivity index (χ2n) is 5.75. The monoisotopic (exact) mass is 364 g/mol. The van der Waals surface area contributed by atoms with Gasteiger partial charge in [-0.05, 0) is 42.8 Å². The number of esters is 1. The molecule has 3 aromatic rings. The molecule has 136 valence electrons. The van der Waals surface area contributed by atoms with Gasteiger partial charge < -0.3 is 18.9 Å². The lowest BCUT2D eigenvalue weighted by Gasteiger charge is -2.08. The highest BCUT2D eigenvalue weighted by molar-refractivity contribution is 5.86. The lowest BCUT2D eigenvalue weighted by atomic mass is 10.0. The van der Waals surface area contributed by atoms with E-state index in [1.807, 2.05) is 6.07 Å². The van der Waals surface area contributed by atoms with Gasteiger partial charge in [-0.25, -0.2) is 4.79 Å². The van der Waals surface area contributed by atoms with Crippen LogP contribution in [0.15, 0.2) is 51.7 Å². The number of methoxy groups -OCH3 is 1. The third-order valence-corrected chi connectivity index (χ3v) is 3.87. The number of carbonyl (C=O) groups is 1. The Morgan fingerprint density at radius 2 is 1.96 bits per heavy atom. The van der Waals surface area contributed by atoms with Crippen LogP contribution in [0.5, 0.6) is 5.75 Å². The third-order valence-electron chi connectivity index (χ3n) is 3.87. The van der Waals surface area contributed by atoms with Gasteiger partial charge in [0.15, 0.2) is 0 Å². The van der Waals surface area contributed by atoms with E-state index in [9.17, 15) is 14.9 Å². The number of nitrogens with one attached hydrogen (secondary N) is 1. The maximum atomic E-state index is 11.9. The predicted octanol–water partition coefficient (Wildman–Crippen LogP) is 3.18. The van der Waals surface area contributed by atoms with Gasteiger partial charge in [0.25, 0.3) is 5.56 Å². The summed E-state index contributed by atoms with van der Waals surface area (Å²) < 4.78 is 15.6. The largest absolute Gasteiger partial charge is 0.486 e. The maximum Gasteiger partial charge on any atom is 0.373 e. The summed E-state index contributed by atoms with van der Waals surface area (Å²) in [6.07, 6.45) is 0. The zero-order valence-corrected chi connectivity index (χ0v) is 14.7. The Bertz CT molecular complexity index is 1070. The Morgan fingerprint density at radius 3 is 2.63 bits per heavy atom. The molecule has 0 aliphatic rings. The number of pyridine rings is 1. The quantitative estimate of drug-likeness (QED) is 0.697. The molecule has 3 rings (SSSR count). The van der Waals surface area contributed by atoms with Crippen molar-refractivity contribution < 1.29 is 18.7 Å². The Balaban J connectivity index is 1.75. The van der Waals surface area contributed by atoms with E-state index < -0.39 is 11.5 Å². The molecule has 0 atom stereocenters. The summed E-state index contributed by atoms with van der Waals surface area (Å²) >= 11 is 0. The first-order valence-corrected chi connectivity index (χ1v) is 8.06. The molecular formula is C20H16N2O5. The highest BCUT2D eigenvalue weighted by Crippen LogP contribution is 2.25. The zero-order valence-electron chi connectivity index (χ0n) is 14.7. The maximum absolute atomic E-state index is 11.9. The fourth-order valence-electron chi connectivity index (χ4n) is 2.58. The minimum absolute atomic E-state index is 0.0696. The first-order valence-electron chi connectivity index (χ1n) is 8.06. The molecule has 1 aromatic carbocycles. The van der Waals surface area contributed by atoms with Crippen molar-refractivity contribution in [3.8, 4) is 22.9 Å². The Hall–Kier alpha value is -3.79. The van der Waals surface area contributed by atoms with E-state index in [0.29, 0.717) is 22.8 Å². The van der Waals surface area contributed by atoms with Crippen LogP contribution in [-0.4, -0.2) is 18.1 Å². The number of furan rings is 1. The van der Waals surface area contributed by atoms with Gasteiger partial charge in [0.1, 0.15) is 29.7 Å². The molecule has 2 heterocycles. The van der Waals surface area contributed by atoms with E-state index in [4.69, 9.17) is 9.15 Å². The van der Waals surface area contributed by atoms with Crippen molar-refractivity contribution in [2.24, 2.45) is 0 Å². The van der Waals surface area contributed by atoms with Gasteiger partial charge in [-0.3, -0.25) is 4.79 Å². The fraction of sp³-hybridized carbons (Fsp3) is 0.150. The van der Waals surface area contributed by atoms with Crippen LogP contribution in [-0.2, 0) is 11.3 Å². The fourth-order valence-corrected chi connectivity index (χ4v) is 2.58. The number of aryl methyl sites for hydroxylation is 1. The van der Waals surface area contributed by atoms with Crippen LogP contribution in [0.25, 0.3) is 11.1 Å². The molecule has 0 radical (unpaired) electrons. The molecule has 7 heteroatoms. The highest BCUT2D eigenvalue weighted by atomic mass is 16.5. The van der Waals surface area contributed by atoms with Crippen molar-refractivity contribution in [2.45, 2.75) is 13.5 Å². The third kappa shape index (κ3) is 3.90. The number of hydrogen-bond donors (Lipinski definition) is 1. The topological polar surface area (TPSA) is 105 Å². The second-order valence-corrected chi connectivity index (χ2v) is 5.75. The zero-order chi connectivity index (χ0) is 19.4. The van der Waals surface area contributed by atoms with Crippen molar-refractivity contribution in [3.05, 3.63) is 75.6 Å². The standard InChI is InChI=1S/C20H16N2O5/c1-12-9-16(17(10-21)19(23)22-12)13-3-5-14(6-4-13)26-11-15-7-8-18(27-15)20(24)25-2/h3-9H,11H2,1-2H3,(H,22,23). The van der Waals surface area contributed by atoms with Gasteiger partial charge in [-0.1, -0.05) is 12.1 Å². The summed E-state index contributed by atoms with van der Waals surface area (Å²) in [7, 11) is 1.28. The van der Waals surface area contributed by atoms with Gasteiger partial charge in [0, 0.05) is 11.3 Å². The molecule has 27 heavy (non-hydrogen) atoms. The first kappa shape index (κ1) is 18.0. The molecule has 0 spiro atoms. The molecule has 1 N–H and O–H groups in total. The predicted molar refractivity (Wildman–Crippen MR) is 96.3 cm³/mol. The van der Waals surface area contributed by atoms with Gasteiger partial charge in [-0.2, -0.15) is 5.26 Å². The highest BCUT2D eigenvalue weighted by Gasteiger charge is 2.12. The Kier molecular flexibility index (Phi) is 5.08. The smallest absolute Gasteiger partial charge is 0.373 e. The van der Waals surface area contributed by atoms with Crippen LogP contribution in [0.4, 0.5) is 0 Å². The van der Waals surface area contributed by atoms with E-state index in [1.54, 1.807) is 43.3 Å². The first-order chi connectivity index (χ1) is 13.0. The van der Waals surface area contributed by atoms with Crippen molar-refractivity contribution in [2.75, 3.05) is 7.11 Å². The van der Waals surface area contributed by atoms with Crippen LogP contribution in [0.3, 0.4) is 0 Å². The van der Waals surface area contributed by atoms with E-state index in [2.05, 4.69) is 9.72 Å². The lowest BCUT2D eigenvalue weighted by molar-refractivity contribution is 0.0561. The van der Waals surface area contributed by atoms with Gasteiger partial charge in [0.2, 0.25) is 5.76 Å². The Morgan fingerprint density at radius 1 is 1.22 bits per heavy atom. The number of ether oxygens (including phenoxy) is 2. The molecule has 0 saturated heterocycles. The van der Waals surface area contributed by atoms with E-state index in [-0.39, 0.29) is 17.9 Å². The molecule has 0 aliphatic heterocycles. The van der Waals surface area contributed by atoms with E-state index in [1.165, 1.54) is 13.2 Å². The van der Waals surface area contributed by atoms with Crippen LogP contribution >= 0.6 is 0 Å². The average Bonchev–Trinajstić information content (AvgIpc) is 3.14. The number of nitriles is 1. The molecule has 0 fully saturated rings. The minimum Gasteiger partial charge on any atom is -0.486 e. The summed E-state index contributed by atoms with van der Waals surface area (Å²) in [4.78, 5) is 25.9. The summed E-state index contributed by atoms with van der Waals surface area (Å²) in [5, 5.41) is 9.24. The van der Waals surface area contributed by atoms with Crippen molar-refractivity contribution >= 4 is 5.97 Å². The number of carbonyl (C=O) groups excluding carboxylic acids is 1. The summed E-state index contributed by atoms with van der Waals surface area (Å²) in [6, 6.07) is 13.9. The van der Waals surface area contributed by atoms with Crippen LogP contribution in [0.1, 0.15) is 27.6 Å². The number of nitrogens with zero attached hydrogens (tertiary/aromatic N) is 1. The number of rotatable bonds is 5. The molecule has 0 unspecified atom stereocenters. The second kappa shape index (κ2) is 7.62. The number of aromatic amines is 1. The number of aromatic nitrogens is 1. The molecule has 0 aliphatic carbocycles. The molecule has 2 aromatic heterocycles. The van der Waals surface area contributed by atoms with Gasteiger partial charge in [-0.15, -0.1) is 0 Å². The number of hydrogen-bond acceptors (Lipinski definition) is 6. The molecular weight excluding hydrogens is 348 g/mol. The number of H-pyrrole nitrogens is 1. The van der Waals surface area contributed by atoms with Gasteiger partial charge in [0.05, 0.1) is 7.11 Å². The lowest BCUT2D eigenvalue weighted by Crippen LogP contribution is -2.12. The summed E-state index contributed by atoms with van der Waals surface area (Å²) in [5.41, 5.74) is 1.64. The molecule has 7 nitrogen and oxygen atoms in total. The summed E-state index contributed by atoms with van der Waals surface area (Å²) in [5.74, 6) is 0.624. The van der Waals surface area contributed by atoms with E-state index >= 15 is 0 Å². The summed E-state index contributed by atoms with van der Waals surface area (Å²) in [6.45, 7) is 1.90. The van der Waals surface area contributed by atoms with Crippen molar-refractivity contribution in [1.29, 1.82) is 5.26 Å². The van der Waals surface area contributed by atoms with Crippen LogP contribution in [0.2, 0.25) is 0 Å². The average molecular weight is 364 g/mol. The molecule has 0 saturated carbocycles. The van der Waals surface area contributed by atoms with Gasteiger partial charge >= 0.3 is 5.97 Å². The SMILES string of the molecule is COC(=O)c1ccc(COc2ccc(-c3cc(C)[nH]c(=O)c3C#N)cc2)o1.